The Morgan fingerprint density at radius 1 is 1.37 bits per heavy atom. The van der Waals surface area contributed by atoms with Crippen molar-refractivity contribution < 1.29 is 14.3 Å². The summed E-state index contributed by atoms with van der Waals surface area (Å²) in [5, 5.41) is 9.65. The fourth-order valence-electron chi connectivity index (χ4n) is 2.73. The summed E-state index contributed by atoms with van der Waals surface area (Å²) in [6, 6.07) is 3.46. The zero-order valence-corrected chi connectivity index (χ0v) is 11.2. The van der Waals surface area contributed by atoms with Crippen LogP contribution in [0.2, 0.25) is 0 Å². The molecule has 0 atom stereocenters. The molecule has 4 heteroatoms. The number of hydrogen-bond acceptors (Lipinski definition) is 2. The van der Waals surface area contributed by atoms with Gasteiger partial charge >= 0.3 is 0 Å². The van der Waals surface area contributed by atoms with E-state index in [0.29, 0.717) is 12.5 Å². The van der Waals surface area contributed by atoms with Crippen LogP contribution in [-0.4, -0.2) is 29.5 Å². The van der Waals surface area contributed by atoms with Gasteiger partial charge in [-0.1, -0.05) is 19.3 Å². The third-order valence-electron chi connectivity index (χ3n) is 3.79. The average Bonchev–Trinajstić information content (AvgIpc) is 2.42. The van der Waals surface area contributed by atoms with Gasteiger partial charge in [0, 0.05) is 13.6 Å². The van der Waals surface area contributed by atoms with E-state index in [4.69, 9.17) is 0 Å². The topological polar surface area (TPSA) is 40.5 Å². The minimum absolute atomic E-state index is 0.0401. The summed E-state index contributed by atoms with van der Waals surface area (Å²) in [6.07, 6.45) is 6.01. The van der Waals surface area contributed by atoms with Gasteiger partial charge < -0.3 is 10.0 Å². The van der Waals surface area contributed by atoms with Crippen molar-refractivity contribution in [3.8, 4) is 5.75 Å². The number of benzene rings is 1. The molecule has 1 amide bonds. The molecular weight excluding hydrogens is 245 g/mol. The molecule has 1 fully saturated rings. The van der Waals surface area contributed by atoms with Crippen LogP contribution in [0.4, 0.5) is 4.39 Å². The van der Waals surface area contributed by atoms with Crippen molar-refractivity contribution in [3.05, 3.63) is 29.6 Å². The Bertz CT molecular complexity index is 455. The standard InChI is InChI=1S/C15H20FNO2/c1-17(10-11-5-3-2-4-6-11)15(19)13-9-12(16)7-8-14(13)18/h7-9,11,18H,2-6,10H2,1H3. The van der Waals surface area contributed by atoms with Crippen LogP contribution in [0.1, 0.15) is 42.5 Å². The van der Waals surface area contributed by atoms with Crippen molar-refractivity contribution in [1.29, 1.82) is 0 Å². The molecule has 0 aromatic heterocycles. The zero-order valence-electron chi connectivity index (χ0n) is 11.2. The molecule has 1 aromatic carbocycles. The number of carbonyl (C=O) groups excluding carboxylic acids is 1. The van der Waals surface area contributed by atoms with Crippen molar-refractivity contribution in [3.63, 3.8) is 0 Å². The Morgan fingerprint density at radius 2 is 2.05 bits per heavy atom. The summed E-state index contributed by atoms with van der Waals surface area (Å²) in [6.45, 7) is 0.675. The monoisotopic (exact) mass is 265 g/mol. The lowest BCUT2D eigenvalue weighted by atomic mass is 9.89. The van der Waals surface area contributed by atoms with Gasteiger partial charge in [-0.25, -0.2) is 4.39 Å². The predicted octanol–water partition coefficient (Wildman–Crippen LogP) is 3.18. The predicted molar refractivity (Wildman–Crippen MR) is 71.6 cm³/mol. The molecule has 1 saturated carbocycles. The van der Waals surface area contributed by atoms with Crippen molar-refractivity contribution in [2.24, 2.45) is 5.92 Å². The van der Waals surface area contributed by atoms with Crippen LogP contribution in [0.5, 0.6) is 5.75 Å². The highest BCUT2D eigenvalue weighted by molar-refractivity contribution is 5.96. The molecule has 1 aliphatic carbocycles. The van der Waals surface area contributed by atoms with E-state index in [1.54, 1.807) is 11.9 Å². The van der Waals surface area contributed by atoms with E-state index in [2.05, 4.69) is 0 Å². The molecule has 2 rings (SSSR count). The molecule has 0 unspecified atom stereocenters. The number of amides is 1. The molecule has 3 nitrogen and oxygen atoms in total. The molecule has 1 aromatic rings. The van der Waals surface area contributed by atoms with Gasteiger partial charge in [0.2, 0.25) is 0 Å². The van der Waals surface area contributed by atoms with Crippen LogP contribution in [0.15, 0.2) is 18.2 Å². The summed E-state index contributed by atoms with van der Waals surface area (Å²) in [5.74, 6) is -0.463. The van der Waals surface area contributed by atoms with Gasteiger partial charge in [-0.05, 0) is 37.0 Å². The third-order valence-corrected chi connectivity index (χ3v) is 3.79. The highest BCUT2D eigenvalue weighted by atomic mass is 19.1. The third kappa shape index (κ3) is 3.46. The molecule has 19 heavy (non-hydrogen) atoms. The van der Waals surface area contributed by atoms with E-state index in [1.807, 2.05) is 0 Å². The van der Waals surface area contributed by atoms with Gasteiger partial charge in [-0.2, -0.15) is 0 Å². The second-order valence-electron chi connectivity index (χ2n) is 5.35. The van der Waals surface area contributed by atoms with Crippen molar-refractivity contribution in [1.82, 2.24) is 4.90 Å². The van der Waals surface area contributed by atoms with Crippen LogP contribution < -0.4 is 0 Å². The Hall–Kier alpha value is -1.58. The molecule has 0 radical (unpaired) electrons. The van der Waals surface area contributed by atoms with E-state index < -0.39 is 5.82 Å². The van der Waals surface area contributed by atoms with E-state index >= 15 is 0 Å². The number of nitrogens with zero attached hydrogens (tertiary/aromatic N) is 1. The summed E-state index contributed by atoms with van der Waals surface area (Å²) in [5.41, 5.74) is 0.0401. The molecular formula is C15H20FNO2. The van der Waals surface area contributed by atoms with Gasteiger partial charge in [0.05, 0.1) is 5.56 Å². The number of rotatable bonds is 3. The number of phenolic OH excluding ortho intramolecular Hbond substituents is 1. The maximum absolute atomic E-state index is 13.1. The Labute approximate surface area is 113 Å². The second kappa shape index (κ2) is 6.04. The van der Waals surface area contributed by atoms with Crippen molar-refractivity contribution >= 4 is 5.91 Å². The number of carbonyl (C=O) groups is 1. The summed E-state index contributed by atoms with van der Waals surface area (Å²) in [7, 11) is 1.71. The van der Waals surface area contributed by atoms with Crippen LogP contribution in [0, 0.1) is 11.7 Å². The Balaban J connectivity index is 2.03. The minimum Gasteiger partial charge on any atom is -0.507 e. The molecule has 0 spiro atoms. The van der Waals surface area contributed by atoms with Gasteiger partial charge in [0.15, 0.2) is 0 Å². The first-order chi connectivity index (χ1) is 9.08. The smallest absolute Gasteiger partial charge is 0.257 e. The lowest BCUT2D eigenvalue weighted by Crippen LogP contribution is -2.32. The quantitative estimate of drug-likeness (QED) is 0.911. The normalized spacial score (nSPS) is 16.3. The molecule has 0 aliphatic heterocycles. The SMILES string of the molecule is CN(CC1CCCCC1)C(=O)c1cc(F)ccc1O. The van der Waals surface area contributed by atoms with Crippen LogP contribution >= 0.6 is 0 Å². The second-order valence-corrected chi connectivity index (χ2v) is 5.35. The molecule has 104 valence electrons. The summed E-state index contributed by atoms with van der Waals surface area (Å²) >= 11 is 0. The van der Waals surface area contributed by atoms with Gasteiger partial charge in [-0.3, -0.25) is 4.79 Å². The Kier molecular flexibility index (Phi) is 4.40. The highest BCUT2D eigenvalue weighted by Gasteiger charge is 2.21. The van der Waals surface area contributed by atoms with Crippen molar-refractivity contribution in [2.45, 2.75) is 32.1 Å². The molecule has 0 heterocycles. The van der Waals surface area contributed by atoms with Crippen LogP contribution in [0.25, 0.3) is 0 Å². The fraction of sp³-hybridized carbons (Fsp3) is 0.533. The molecule has 1 N–H and O–H groups in total. The van der Waals surface area contributed by atoms with Crippen LogP contribution in [-0.2, 0) is 0 Å². The minimum atomic E-state index is -0.507. The van der Waals surface area contributed by atoms with E-state index in [0.717, 1.165) is 25.0 Å². The molecule has 0 saturated heterocycles. The first kappa shape index (κ1) is 13.8. The molecule has 0 bridgehead atoms. The zero-order chi connectivity index (χ0) is 13.8. The van der Waals surface area contributed by atoms with E-state index in [9.17, 15) is 14.3 Å². The molecule has 1 aliphatic rings. The largest absolute Gasteiger partial charge is 0.507 e. The lowest BCUT2D eigenvalue weighted by Gasteiger charge is -2.27. The number of phenols is 1. The summed E-state index contributed by atoms with van der Waals surface area (Å²) in [4.78, 5) is 13.8. The van der Waals surface area contributed by atoms with Gasteiger partial charge in [-0.15, -0.1) is 0 Å². The first-order valence-electron chi connectivity index (χ1n) is 6.82. The van der Waals surface area contributed by atoms with Gasteiger partial charge in [0.1, 0.15) is 11.6 Å². The van der Waals surface area contributed by atoms with E-state index in [-0.39, 0.29) is 17.2 Å². The van der Waals surface area contributed by atoms with Gasteiger partial charge in [0.25, 0.3) is 5.91 Å². The summed E-state index contributed by atoms with van der Waals surface area (Å²) < 4.78 is 13.1. The number of aromatic hydroxyl groups is 1. The maximum atomic E-state index is 13.1. The first-order valence-corrected chi connectivity index (χ1v) is 6.82. The van der Waals surface area contributed by atoms with Crippen LogP contribution in [0.3, 0.4) is 0 Å². The number of hydrogen-bond donors (Lipinski definition) is 1. The lowest BCUT2D eigenvalue weighted by molar-refractivity contribution is 0.0757. The number of halogens is 1. The fourth-order valence-corrected chi connectivity index (χ4v) is 2.73. The highest BCUT2D eigenvalue weighted by Crippen LogP contribution is 2.25. The Morgan fingerprint density at radius 3 is 2.74 bits per heavy atom. The average molecular weight is 265 g/mol. The van der Waals surface area contributed by atoms with Crippen molar-refractivity contribution in [2.75, 3.05) is 13.6 Å². The van der Waals surface area contributed by atoms with E-state index in [1.165, 1.54) is 25.3 Å². The maximum Gasteiger partial charge on any atom is 0.257 e.